The lowest BCUT2D eigenvalue weighted by atomic mass is 10.4. The summed E-state index contributed by atoms with van der Waals surface area (Å²) in [5.74, 6) is 0. The van der Waals surface area contributed by atoms with E-state index in [1.165, 1.54) is 6.42 Å². The van der Waals surface area contributed by atoms with Gasteiger partial charge in [-0.25, -0.2) is 0 Å². The second-order valence-corrected chi connectivity index (χ2v) is 3.40. The minimum atomic E-state index is 0.961. The summed E-state index contributed by atoms with van der Waals surface area (Å²) < 4.78 is 0. The van der Waals surface area contributed by atoms with Crippen LogP contribution in [-0.2, 0) is 0 Å². The van der Waals surface area contributed by atoms with E-state index in [0.717, 1.165) is 25.0 Å². The highest BCUT2D eigenvalue weighted by molar-refractivity contribution is 9.09. The van der Waals surface area contributed by atoms with Gasteiger partial charge in [-0.05, 0) is 13.0 Å². The van der Waals surface area contributed by atoms with Crippen molar-refractivity contribution >= 4 is 27.5 Å². The molecule has 0 radical (unpaired) electrons. The number of halogens is 2. The van der Waals surface area contributed by atoms with E-state index >= 15 is 0 Å². The first-order chi connectivity index (χ1) is 5.35. The molecule has 0 aliphatic rings. The molecule has 0 aromatic carbocycles. The van der Waals surface area contributed by atoms with Crippen molar-refractivity contribution in [2.75, 3.05) is 25.0 Å². The third kappa shape index (κ3) is 6.85. The van der Waals surface area contributed by atoms with Crippen LogP contribution in [-0.4, -0.2) is 29.9 Å². The summed E-state index contributed by atoms with van der Waals surface area (Å²) in [5.41, 5.74) is 1.58. The summed E-state index contributed by atoms with van der Waals surface area (Å²) in [6.45, 7) is 5.39. The van der Waals surface area contributed by atoms with Crippen LogP contribution in [0.5, 0.6) is 0 Å². The molecular formula is C8H15BrClN. The average molecular weight is 241 g/mol. The zero-order chi connectivity index (χ0) is 8.53. The van der Waals surface area contributed by atoms with Gasteiger partial charge in [-0.1, -0.05) is 40.5 Å². The number of hydrogen-bond donors (Lipinski definition) is 0. The molecule has 0 spiro atoms. The van der Waals surface area contributed by atoms with Gasteiger partial charge in [0.2, 0.25) is 0 Å². The molecule has 0 N–H and O–H groups in total. The van der Waals surface area contributed by atoms with E-state index in [-0.39, 0.29) is 0 Å². The fraction of sp³-hybridized carbons (Fsp3) is 0.750. The van der Waals surface area contributed by atoms with Gasteiger partial charge < -0.3 is 0 Å². The molecule has 11 heavy (non-hydrogen) atoms. The molecular weight excluding hydrogens is 225 g/mol. The van der Waals surface area contributed by atoms with Crippen molar-refractivity contribution in [3.05, 3.63) is 11.6 Å². The molecule has 66 valence electrons. The van der Waals surface area contributed by atoms with E-state index < -0.39 is 0 Å². The number of hydrogen-bond acceptors (Lipinski definition) is 1. The first-order valence-electron chi connectivity index (χ1n) is 3.88. The summed E-state index contributed by atoms with van der Waals surface area (Å²) >= 11 is 8.84. The molecule has 0 aromatic heterocycles. The monoisotopic (exact) mass is 239 g/mol. The molecule has 0 aliphatic carbocycles. The molecule has 0 heterocycles. The Morgan fingerprint density at radius 2 is 2.18 bits per heavy atom. The largest absolute Gasteiger partial charge is 0.299 e. The van der Waals surface area contributed by atoms with Crippen LogP contribution < -0.4 is 0 Å². The highest BCUT2D eigenvalue weighted by atomic mass is 79.9. The van der Waals surface area contributed by atoms with E-state index in [1.54, 1.807) is 5.54 Å². The van der Waals surface area contributed by atoms with Crippen molar-refractivity contribution in [3.63, 3.8) is 0 Å². The third-order valence-electron chi connectivity index (χ3n) is 1.39. The topological polar surface area (TPSA) is 3.24 Å². The van der Waals surface area contributed by atoms with Crippen LogP contribution in [0, 0.1) is 0 Å². The molecule has 0 aromatic rings. The molecule has 1 nitrogen and oxygen atoms in total. The van der Waals surface area contributed by atoms with E-state index in [2.05, 4.69) is 27.8 Å². The quantitative estimate of drug-likeness (QED) is 0.646. The van der Waals surface area contributed by atoms with Gasteiger partial charge in [0, 0.05) is 24.0 Å². The van der Waals surface area contributed by atoms with Gasteiger partial charge in [-0.15, -0.1) is 0 Å². The Hall–Kier alpha value is 0.470. The van der Waals surface area contributed by atoms with Gasteiger partial charge in [0.25, 0.3) is 0 Å². The normalized spacial score (nSPS) is 11.6. The Morgan fingerprint density at radius 1 is 1.45 bits per heavy atom. The van der Waals surface area contributed by atoms with Crippen LogP contribution in [0.3, 0.4) is 0 Å². The van der Waals surface area contributed by atoms with Crippen molar-refractivity contribution in [2.45, 2.75) is 13.3 Å². The van der Waals surface area contributed by atoms with Gasteiger partial charge in [0.15, 0.2) is 0 Å². The molecule has 0 aliphatic heterocycles. The van der Waals surface area contributed by atoms with Crippen LogP contribution in [0.15, 0.2) is 11.6 Å². The lowest BCUT2D eigenvalue weighted by Crippen LogP contribution is -2.26. The molecule has 0 saturated heterocycles. The van der Waals surface area contributed by atoms with E-state index in [4.69, 9.17) is 11.6 Å². The average Bonchev–Trinajstić information content (AvgIpc) is 2.01. The van der Waals surface area contributed by atoms with E-state index in [1.807, 2.05) is 6.08 Å². The van der Waals surface area contributed by atoms with Crippen LogP contribution in [0.4, 0.5) is 0 Å². The summed E-state index contributed by atoms with van der Waals surface area (Å²) in [5, 5.41) is 1.03. The molecule has 0 atom stereocenters. The first kappa shape index (κ1) is 11.5. The smallest absolute Gasteiger partial charge is 0.0175 e. The van der Waals surface area contributed by atoms with Gasteiger partial charge in [0.1, 0.15) is 0 Å². The SMILES string of the molecule is CCCN(C/C=C/Cl)CCBr. The zero-order valence-corrected chi connectivity index (χ0v) is 9.24. The Balaban J connectivity index is 3.50. The number of rotatable bonds is 6. The zero-order valence-electron chi connectivity index (χ0n) is 6.89. The second kappa shape index (κ2) is 8.57. The Labute approximate surface area is 82.5 Å². The molecule has 0 amide bonds. The predicted molar refractivity (Wildman–Crippen MR) is 55.5 cm³/mol. The van der Waals surface area contributed by atoms with E-state index in [0.29, 0.717) is 0 Å². The Bertz CT molecular complexity index is 100. The highest BCUT2D eigenvalue weighted by Gasteiger charge is 1.98. The summed E-state index contributed by atoms with van der Waals surface area (Å²) in [4.78, 5) is 2.35. The summed E-state index contributed by atoms with van der Waals surface area (Å²) in [7, 11) is 0. The fourth-order valence-corrected chi connectivity index (χ4v) is 1.50. The van der Waals surface area contributed by atoms with Gasteiger partial charge in [-0.3, -0.25) is 4.90 Å². The minimum Gasteiger partial charge on any atom is -0.299 e. The van der Waals surface area contributed by atoms with Gasteiger partial charge >= 0.3 is 0 Å². The van der Waals surface area contributed by atoms with Crippen molar-refractivity contribution in [1.29, 1.82) is 0 Å². The minimum absolute atomic E-state index is 0.961. The molecule has 0 fully saturated rings. The fourth-order valence-electron chi connectivity index (χ4n) is 0.919. The number of nitrogens with zero attached hydrogens (tertiary/aromatic N) is 1. The maximum Gasteiger partial charge on any atom is 0.0175 e. The van der Waals surface area contributed by atoms with Crippen LogP contribution in [0.2, 0.25) is 0 Å². The molecule has 3 heteroatoms. The lowest BCUT2D eigenvalue weighted by Gasteiger charge is -2.17. The van der Waals surface area contributed by atoms with Crippen LogP contribution in [0.1, 0.15) is 13.3 Å². The standard InChI is InChI=1S/C8H15BrClN/c1-2-6-11(8-4-9)7-3-5-10/h3,5H,2,4,6-8H2,1H3/b5-3+. The first-order valence-corrected chi connectivity index (χ1v) is 5.44. The van der Waals surface area contributed by atoms with Gasteiger partial charge in [0.05, 0.1) is 0 Å². The molecule has 0 rings (SSSR count). The van der Waals surface area contributed by atoms with Crippen molar-refractivity contribution in [3.8, 4) is 0 Å². The molecule has 0 saturated carbocycles. The molecule has 0 unspecified atom stereocenters. The van der Waals surface area contributed by atoms with Crippen molar-refractivity contribution < 1.29 is 0 Å². The van der Waals surface area contributed by atoms with Crippen LogP contribution >= 0.6 is 27.5 Å². The second-order valence-electron chi connectivity index (χ2n) is 2.35. The van der Waals surface area contributed by atoms with Gasteiger partial charge in [-0.2, -0.15) is 0 Å². The Kier molecular flexibility index (Phi) is 8.93. The van der Waals surface area contributed by atoms with Crippen molar-refractivity contribution in [2.24, 2.45) is 0 Å². The van der Waals surface area contributed by atoms with Crippen molar-refractivity contribution in [1.82, 2.24) is 4.90 Å². The third-order valence-corrected chi connectivity index (χ3v) is 1.93. The summed E-state index contributed by atoms with van der Waals surface area (Å²) in [6, 6.07) is 0. The number of alkyl halides is 1. The predicted octanol–water partition coefficient (Wildman–Crippen LogP) is 2.85. The summed E-state index contributed by atoms with van der Waals surface area (Å²) in [6.07, 6.45) is 3.17. The highest BCUT2D eigenvalue weighted by Crippen LogP contribution is 1.94. The molecule has 0 bridgehead atoms. The maximum atomic E-state index is 5.43. The lowest BCUT2D eigenvalue weighted by molar-refractivity contribution is 0.323. The van der Waals surface area contributed by atoms with E-state index in [9.17, 15) is 0 Å². The van der Waals surface area contributed by atoms with Crippen LogP contribution in [0.25, 0.3) is 0 Å². The maximum absolute atomic E-state index is 5.43. The Morgan fingerprint density at radius 3 is 2.64 bits per heavy atom.